The number of halogens is 1. The Hall–Kier alpha value is -2.68. The van der Waals surface area contributed by atoms with Crippen LogP contribution in [0.1, 0.15) is 11.1 Å². The first-order valence-electron chi connectivity index (χ1n) is 10.6. The highest BCUT2D eigenvalue weighted by molar-refractivity contribution is 7.98. The summed E-state index contributed by atoms with van der Waals surface area (Å²) >= 11 is 7.81. The molecule has 0 aliphatic rings. The van der Waals surface area contributed by atoms with Gasteiger partial charge < -0.3 is 10.1 Å². The van der Waals surface area contributed by atoms with E-state index in [1.807, 2.05) is 43.3 Å². The Morgan fingerprint density at radius 2 is 1.71 bits per heavy atom. The average molecular weight is 519 g/mol. The maximum Gasteiger partial charge on any atom is 0.264 e. The number of thioether (sulfide) groups is 1. The van der Waals surface area contributed by atoms with Crippen LogP contribution in [0.2, 0.25) is 5.02 Å². The Bertz CT molecular complexity index is 1200. The lowest BCUT2D eigenvalue weighted by atomic mass is 10.2. The van der Waals surface area contributed by atoms with Gasteiger partial charge in [0, 0.05) is 23.1 Å². The van der Waals surface area contributed by atoms with E-state index < -0.39 is 10.0 Å². The van der Waals surface area contributed by atoms with Crippen LogP contribution in [0.15, 0.2) is 77.7 Å². The second-order valence-corrected chi connectivity index (χ2v) is 10.9. The number of anilines is 1. The molecule has 0 unspecified atom stereocenters. The van der Waals surface area contributed by atoms with Gasteiger partial charge in [-0.25, -0.2) is 8.42 Å². The van der Waals surface area contributed by atoms with Crippen LogP contribution in [-0.2, 0) is 20.6 Å². The van der Waals surface area contributed by atoms with Crippen molar-refractivity contribution in [1.29, 1.82) is 0 Å². The summed E-state index contributed by atoms with van der Waals surface area (Å²) in [5, 5.41) is 3.54. The van der Waals surface area contributed by atoms with Gasteiger partial charge in [0.2, 0.25) is 5.91 Å². The van der Waals surface area contributed by atoms with Gasteiger partial charge in [-0.3, -0.25) is 9.10 Å². The molecule has 0 aromatic heterocycles. The molecule has 0 bridgehead atoms. The smallest absolute Gasteiger partial charge is 0.264 e. The Morgan fingerprint density at radius 1 is 1.03 bits per heavy atom. The van der Waals surface area contributed by atoms with Crippen molar-refractivity contribution < 1.29 is 17.9 Å². The largest absolute Gasteiger partial charge is 0.497 e. The minimum atomic E-state index is -3.97. The summed E-state index contributed by atoms with van der Waals surface area (Å²) in [7, 11) is -2.45. The fourth-order valence-corrected chi connectivity index (χ4v) is 5.71. The van der Waals surface area contributed by atoms with E-state index in [2.05, 4.69) is 5.32 Å². The van der Waals surface area contributed by atoms with Gasteiger partial charge in [0.1, 0.15) is 12.3 Å². The fourth-order valence-electron chi connectivity index (χ4n) is 3.15. The molecule has 1 amide bonds. The zero-order valence-corrected chi connectivity index (χ0v) is 21.4. The SMILES string of the molecule is COc1ccc(S(=O)(=O)N(CC(=O)NCCSCc2ccccc2Cl)c2ccc(C)cc2)cc1. The third-order valence-electron chi connectivity index (χ3n) is 5.04. The zero-order valence-electron chi connectivity index (χ0n) is 19.0. The number of benzene rings is 3. The number of methoxy groups -OCH3 is 1. The summed E-state index contributed by atoms with van der Waals surface area (Å²) in [5.41, 5.74) is 2.45. The standard InChI is InChI=1S/C25H27ClN2O4S2/c1-19-7-9-21(10-8-19)28(34(30,31)23-13-11-22(32-2)12-14-23)17-25(29)27-15-16-33-18-20-5-3-4-6-24(20)26/h3-14H,15-18H2,1-2H3,(H,27,29). The highest BCUT2D eigenvalue weighted by Crippen LogP contribution is 2.25. The summed E-state index contributed by atoms with van der Waals surface area (Å²) in [6.07, 6.45) is 0. The predicted octanol–water partition coefficient (Wildman–Crippen LogP) is 4.90. The maximum absolute atomic E-state index is 13.4. The highest BCUT2D eigenvalue weighted by Gasteiger charge is 2.27. The Morgan fingerprint density at radius 3 is 2.35 bits per heavy atom. The molecule has 1 N–H and O–H groups in total. The number of hydrogen-bond acceptors (Lipinski definition) is 5. The summed E-state index contributed by atoms with van der Waals surface area (Å²) in [6, 6.07) is 20.8. The molecule has 9 heteroatoms. The second kappa shape index (κ2) is 12.1. The van der Waals surface area contributed by atoms with E-state index in [1.165, 1.54) is 19.2 Å². The molecule has 0 fully saturated rings. The lowest BCUT2D eigenvalue weighted by molar-refractivity contribution is -0.119. The van der Waals surface area contributed by atoms with Crippen LogP contribution in [0.5, 0.6) is 5.75 Å². The molecule has 0 heterocycles. The van der Waals surface area contributed by atoms with Gasteiger partial charge in [-0.15, -0.1) is 0 Å². The maximum atomic E-state index is 13.4. The third kappa shape index (κ3) is 6.91. The van der Waals surface area contributed by atoms with Crippen LogP contribution >= 0.6 is 23.4 Å². The molecule has 3 rings (SSSR count). The number of rotatable bonds is 11. The normalized spacial score (nSPS) is 11.1. The van der Waals surface area contributed by atoms with Gasteiger partial charge in [0.15, 0.2) is 0 Å². The van der Waals surface area contributed by atoms with Crippen LogP contribution in [0.3, 0.4) is 0 Å². The minimum Gasteiger partial charge on any atom is -0.497 e. The van der Waals surface area contributed by atoms with Gasteiger partial charge in [0.05, 0.1) is 17.7 Å². The Kier molecular flexibility index (Phi) is 9.27. The molecule has 3 aromatic rings. The molecule has 6 nitrogen and oxygen atoms in total. The summed E-state index contributed by atoms with van der Waals surface area (Å²) in [6.45, 7) is 2.00. The predicted molar refractivity (Wildman–Crippen MR) is 139 cm³/mol. The topological polar surface area (TPSA) is 75.7 Å². The van der Waals surface area contributed by atoms with Crippen molar-refractivity contribution in [3.05, 3.63) is 88.9 Å². The van der Waals surface area contributed by atoms with Crippen molar-refractivity contribution in [3.8, 4) is 5.75 Å². The van der Waals surface area contributed by atoms with Crippen molar-refractivity contribution >= 4 is 45.0 Å². The lowest BCUT2D eigenvalue weighted by Crippen LogP contribution is -2.41. The molecular weight excluding hydrogens is 492 g/mol. The number of carbonyl (C=O) groups excluding carboxylic acids is 1. The summed E-state index contributed by atoms with van der Waals surface area (Å²) in [4.78, 5) is 12.8. The zero-order chi connectivity index (χ0) is 24.6. The number of amides is 1. The summed E-state index contributed by atoms with van der Waals surface area (Å²) < 4.78 is 33.1. The van der Waals surface area contributed by atoms with Gasteiger partial charge in [-0.2, -0.15) is 11.8 Å². The molecule has 3 aromatic carbocycles. The number of carbonyl (C=O) groups is 1. The number of ether oxygens (including phenoxy) is 1. The first-order chi connectivity index (χ1) is 16.3. The number of aryl methyl sites for hydroxylation is 1. The van der Waals surface area contributed by atoms with E-state index in [9.17, 15) is 13.2 Å². The van der Waals surface area contributed by atoms with E-state index in [-0.39, 0.29) is 17.3 Å². The number of sulfonamides is 1. The average Bonchev–Trinajstić information content (AvgIpc) is 2.84. The molecule has 0 atom stereocenters. The van der Waals surface area contributed by atoms with Crippen LogP contribution in [0.25, 0.3) is 0 Å². The van der Waals surface area contributed by atoms with Gasteiger partial charge >= 0.3 is 0 Å². The van der Waals surface area contributed by atoms with Crippen molar-refractivity contribution in [2.45, 2.75) is 17.6 Å². The molecular formula is C25H27ClN2O4S2. The molecule has 0 saturated carbocycles. The lowest BCUT2D eigenvalue weighted by Gasteiger charge is -2.24. The van der Waals surface area contributed by atoms with E-state index in [1.54, 1.807) is 36.0 Å². The van der Waals surface area contributed by atoms with Gasteiger partial charge in [-0.1, -0.05) is 47.5 Å². The van der Waals surface area contributed by atoms with Crippen molar-refractivity contribution in [2.24, 2.45) is 0 Å². The van der Waals surface area contributed by atoms with E-state index in [0.717, 1.165) is 26.2 Å². The Labute approximate surface area is 210 Å². The fraction of sp³-hybridized carbons (Fsp3) is 0.240. The van der Waals surface area contributed by atoms with E-state index in [0.29, 0.717) is 23.7 Å². The van der Waals surface area contributed by atoms with Gasteiger partial charge in [-0.05, 0) is 55.0 Å². The quantitative estimate of drug-likeness (QED) is 0.365. The first-order valence-corrected chi connectivity index (χ1v) is 13.6. The molecule has 0 aliphatic heterocycles. The van der Waals surface area contributed by atoms with E-state index >= 15 is 0 Å². The molecule has 34 heavy (non-hydrogen) atoms. The third-order valence-corrected chi connectivity index (χ3v) is 8.21. The Balaban J connectivity index is 1.66. The molecule has 0 aliphatic carbocycles. The van der Waals surface area contributed by atoms with Crippen molar-refractivity contribution in [1.82, 2.24) is 5.32 Å². The monoisotopic (exact) mass is 518 g/mol. The van der Waals surface area contributed by atoms with E-state index in [4.69, 9.17) is 16.3 Å². The van der Waals surface area contributed by atoms with Crippen LogP contribution in [0.4, 0.5) is 5.69 Å². The second-order valence-electron chi connectivity index (χ2n) is 7.52. The minimum absolute atomic E-state index is 0.0805. The van der Waals surface area contributed by atoms with Crippen LogP contribution in [-0.4, -0.2) is 40.3 Å². The van der Waals surface area contributed by atoms with Crippen molar-refractivity contribution in [3.63, 3.8) is 0 Å². The molecule has 0 radical (unpaired) electrons. The molecule has 180 valence electrons. The van der Waals surface area contributed by atoms with Gasteiger partial charge in [0.25, 0.3) is 10.0 Å². The van der Waals surface area contributed by atoms with Crippen LogP contribution < -0.4 is 14.4 Å². The first kappa shape index (κ1) is 25.9. The van der Waals surface area contributed by atoms with Crippen molar-refractivity contribution in [2.75, 3.05) is 30.3 Å². The number of hydrogen-bond donors (Lipinski definition) is 1. The molecule has 0 saturated heterocycles. The van der Waals surface area contributed by atoms with Crippen LogP contribution in [0, 0.1) is 6.92 Å². The summed E-state index contributed by atoms with van der Waals surface area (Å²) in [5.74, 6) is 1.58. The highest BCUT2D eigenvalue weighted by atomic mass is 35.5. The number of nitrogens with one attached hydrogen (secondary N) is 1. The molecule has 0 spiro atoms. The number of nitrogens with zero attached hydrogens (tertiary/aromatic N) is 1.